The molecule has 2 atom stereocenters. The summed E-state index contributed by atoms with van der Waals surface area (Å²) in [5.41, 5.74) is 0. The van der Waals surface area contributed by atoms with Gasteiger partial charge in [-0.05, 0) is 19.3 Å². The Morgan fingerprint density at radius 2 is 2.14 bits per heavy atom. The lowest BCUT2D eigenvalue weighted by Crippen LogP contribution is -2.38. The van der Waals surface area contributed by atoms with Crippen LogP contribution in [0.25, 0.3) is 0 Å². The van der Waals surface area contributed by atoms with Gasteiger partial charge in [0.05, 0.1) is 18.6 Å². The summed E-state index contributed by atoms with van der Waals surface area (Å²) in [7, 11) is 0. The zero-order chi connectivity index (χ0) is 10.6. The largest absolute Gasteiger partial charge is 0.379 e. The van der Waals surface area contributed by atoms with Crippen molar-refractivity contribution >= 4 is 11.6 Å². The molecular weight excluding hydrogens is 198 g/mol. The first-order valence-electron chi connectivity index (χ1n) is 5.55. The molecule has 0 amide bonds. The second kappa shape index (κ2) is 5.94. The van der Waals surface area contributed by atoms with Crippen LogP contribution in [0, 0.1) is 5.92 Å². The van der Waals surface area contributed by atoms with E-state index < -0.39 is 0 Å². The van der Waals surface area contributed by atoms with Gasteiger partial charge in [-0.2, -0.15) is 0 Å². The van der Waals surface area contributed by atoms with Gasteiger partial charge in [-0.1, -0.05) is 13.8 Å². The molecule has 0 N–H and O–H groups in total. The lowest BCUT2D eigenvalue weighted by atomic mass is 10.0. The molecule has 2 nitrogen and oxygen atoms in total. The molecule has 1 heterocycles. The molecule has 0 aromatic rings. The molecule has 1 aliphatic heterocycles. The van der Waals surface area contributed by atoms with Gasteiger partial charge in [-0.25, -0.2) is 0 Å². The van der Waals surface area contributed by atoms with Crippen molar-refractivity contribution in [2.24, 2.45) is 5.92 Å². The van der Waals surface area contributed by atoms with Crippen LogP contribution in [0.15, 0.2) is 0 Å². The Morgan fingerprint density at radius 1 is 1.43 bits per heavy atom. The molecule has 3 heteroatoms. The third-order valence-electron chi connectivity index (χ3n) is 2.69. The Morgan fingerprint density at radius 3 is 2.79 bits per heavy atom. The third-order valence-corrected chi connectivity index (χ3v) is 2.95. The van der Waals surface area contributed by atoms with Crippen molar-refractivity contribution in [2.45, 2.75) is 38.6 Å². The number of rotatable bonds is 3. The first kappa shape index (κ1) is 12.3. The molecule has 1 rings (SSSR count). The molecule has 1 saturated heterocycles. The van der Waals surface area contributed by atoms with E-state index in [0.717, 1.165) is 25.6 Å². The van der Waals surface area contributed by atoms with E-state index in [-0.39, 0.29) is 5.38 Å². The highest BCUT2D eigenvalue weighted by Gasteiger charge is 2.21. The maximum atomic E-state index is 6.13. The van der Waals surface area contributed by atoms with Gasteiger partial charge in [-0.3, -0.25) is 4.90 Å². The molecule has 0 aromatic carbocycles. The van der Waals surface area contributed by atoms with Crippen LogP contribution in [-0.4, -0.2) is 42.6 Å². The Kier molecular flexibility index (Phi) is 5.21. The molecular formula is C11H22ClNO. The Bertz CT molecular complexity index is 163. The van der Waals surface area contributed by atoms with Crippen LogP contribution in [0.5, 0.6) is 0 Å². The Balaban J connectivity index is 2.39. The van der Waals surface area contributed by atoms with E-state index in [0.29, 0.717) is 12.6 Å². The van der Waals surface area contributed by atoms with Crippen LogP contribution < -0.4 is 0 Å². The summed E-state index contributed by atoms with van der Waals surface area (Å²) in [6.07, 6.45) is 1.24. The standard InChI is InChI=1S/C11H22ClNO/c1-9(2)6-10(3)13-4-5-14-8-11(12)7-13/h9-11H,4-8H2,1-3H3. The zero-order valence-corrected chi connectivity index (χ0v) is 10.3. The molecule has 1 aliphatic rings. The fraction of sp³-hybridized carbons (Fsp3) is 1.00. The van der Waals surface area contributed by atoms with E-state index >= 15 is 0 Å². The van der Waals surface area contributed by atoms with Gasteiger partial charge in [0.2, 0.25) is 0 Å². The molecule has 84 valence electrons. The molecule has 1 fully saturated rings. The zero-order valence-electron chi connectivity index (χ0n) is 9.50. The molecule has 2 unspecified atom stereocenters. The van der Waals surface area contributed by atoms with Crippen LogP contribution in [0.2, 0.25) is 0 Å². The van der Waals surface area contributed by atoms with E-state index in [2.05, 4.69) is 25.7 Å². The minimum absolute atomic E-state index is 0.159. The maximum Gasteiger partial charge on any atom is 0.0696 e. The SMILES string of the molecule is CC(C)CC(C)N1CCOCC(Cl)C1. The van der Waals surface area contributed by atoms with Crippen molar-refractivity contribution < 1.29 is 4.74 Å². The number of hydrogen-bond acceptors (Lipinski definition) is 2. The third kappa shape index (κ3) is 4.16. The summed E-state index contributed by atoms with van der Waals surface area (Å²) < 4.78 is 5.42. The Labute approximate surface area is 92.6 Å². The van der Waals surface area contributed by atoms with Crippen molar-refractivity contribution in [3.8, 4) is 0 Å². The maximum absolute atomic E-state index is 6.13. The number of ether oxygens (including phenoxy) is 1. The van der Waals surface area contributed by atoms with Crippen molar-refractivity contribution in [1.29, 1.82) is 0 Å². The number of halogens is 1. The summed E-state index contributed by atoms with van der Waals surface area (Å²) in [6.45, 7) is 10.3. The van der Waals surface area contributed by atoms with Crippen LogP contribution in [0.1, 0.15) is 27.2 Å². The van der Waals surface area contributed by atoms with Crippen molar-refractivity contribution in [3.05, 3.63) is 0 Å². The number of alkyl halides is 1. The van der Waals surface area contributed by atoms with Gasteiger partial charge in [0, 0.05) is 19.1 Å². The number of hydrogen-bond donors (Lipinski definition) is 0. The molecule has 14 heavy (non-hydrogen) atoms. The van der Waals surface area contributed by atoms with Crippen LogP contribution >= 0.6 is 11.6 Å². The van der Waals surface area contributed by atoms with E-state index in [9.17, 15) is 0 Å². The van der Waals surface area contributed by atoms with Gasteiger partial charge >= 0.3 is 0 Å². The summed E-state index contributed by atoms with van der Waals surface area (Å²) >= 11 is 6.13. The minimum Gasteiger partial charge on any atom is -0.379 e. The highest BCUT2D eigenvalue weighted by atomic mass is 35.5. The van der Waals surface area contributed by atoms with Gasteiger partial charge < -0.3 is 4.74 Å². The monoisotopic (exact) mass is 219 g/mol. The fourth-order valence-corrected chi connectivity index (χ4v) is 2.29. The summed E-state index contributed by atoms with van der Waals surface area (Å²) in [6, 6.07) is 0.623. The highest BCUT2D eigenvalue weighted by molar-refractivity contribution is 6.20. The first-order valence-corrected chi connectivity index (χ1v) is 5.99. The predicted octanol–water partition coefficient (Wildman–Crippen LogP) is 2.36. The summed E-state index contributed by atoms with van der Waals surface area (Å²) in [4.78, 5) is 2.45. The van der Waals surface area contributed by atoms with E-state index in [1.807, 2.05) is 0 Å². The van der Waals surface area contributed by atoms with E-state index in [1.165, 1.54) is 6.42 Å². The smallest absolute Gasteiger partial charge is 0.0696 e. The molecule has 0 bridgehead atoms. The summed E-state index contributed by atoms with van der Waals surface area (Å²) in [5.74, 6) is 0.753. The summed E-state index contributed by atoms with van der Waals surface area (Å²) in [5, 5.41) is 0.159. The lowest BCUT2D eigenvalue weighted by molar-refractivity contribution is 0.130. The van der Waals surface area contributed by atoms with Crippen molar-refractivity contribution in [1.82, 2.24) is 4.90 Å². The number of nitrogens with zero attached hydrogens (tertiary/aromatic N) is 1. The second-order valence-corrected chi connectivity index (χ2v) is 5.26. The first-order chi connectivity index (χ1) is 6.59. The van der Waals surface area contributed by atoms with E-state index in [1.54, 1.807) is 0 Å². The average molecular weight is 220 g/mol. The normalized spacial score (nSPS) is 27.6. The lowest BCUT2D eigenvalue weighted by Gasteiger charge is -2.29. The molecule has 0 spiro atoms. The molecule has 0 aromatic heterocycles. The van der Waals surface area contributed by atoms with Gasteiger partial charge in [0.25, 0.3) is 0 Å². The van der Waals surface area contributed by atoms with Crippen LogP contribution in [-0.2, 0) is 4.74 Å². The highest BCUT2D eigenvalue weighted by Crippen LogP contribution is 2.14. The van der Waals surface area contributed by atoms with Crippen LogP contribution in [0.3, 0.4) is 0 Å². The van der Waals surface area contributed by atoms with Gasteiger partial charge in [0.15, 0.2) is 0 Å². The van der Waals surface area contributed by atoms with Gasteiger partial charge in [-0.15, -0.1) is 11.6 Å². The van der Waals surface area contributed by atoms with Crippen LogP contribution in [0.4, 0.5) is 0 Å². The quantitative estimate of drug-likeness (QED) is 0.676. The topological polar surface area (TPSA) is 12.5 Å². The fourth-order valence-electron chi connectivity index (χ4n) is 2.02. The predicted molar refractivity (Wildman–Crippen MR) is 61.0 cm³/mol. The minimum atomic E-state index is 0.159. The second-order valence-electron chi connectivity index (χ2n) is 4.65. The van der Waals surface area contributed by atoms with Crippen molar-refractivity contribution in [3.63, 3.8) is 0 Å². The van der Waals surface area contributed by atoms with Gasteiger partial charge in [0.1, 0.15) is 0 Å². The average Bonchev–Trinajstić information content (AvgIpc) is 2.28. The Hall–Kier alpha value is 0.210. The molecule has 0 radical (unpaired) electrons. The van der Waals surface area contributed by atoms with E-state index in [4.69, 9.17) is 16.3 Å². The van der Waals surface area contributed by atoms with Crippen molar-refractivity contribution in [2.75, 3.05) is 26.3 Å². The molecule has 0 aliphatic carbocycles. The molecule has 0 saturated carbocycles.